The Morgan fingerprint density at radius 3 is 2.29 bits per heavy atom. The summed E-state index contributed by atoms with van der Waals surface area (Å²) in [4.78, 5) is 23.0. The van der Waals surface area contributed by atoms with Gasteiger partial charge in [-0.15, -0.1) is 0 Å². The number of hydrogen-bond acceptors (Lipinski definition) is 3. The lowest BCUT2D eigenvalue weighted by molar-refractivity contribution is -0.385. The number of fused-ring (bicyclic) bond motifs is 1. The van der Waals surface area contributed by atoms with E-state index in [4.69, 9.17) is 0 Å². The fourth-order valence-electron chi connectivity index (χ4n) is 2.99. The number of ketones is 1. The molecule has 0 spiro atoms. The zero-order chi connectivity index (χ0) is 15.0. The van der Waals surface area contributed by atoms with Crippen LogP contribution in [0.2, 0.25) is 0 Å². The predicted molar refractivity (Wildman–Crippen MR) is 79.5 cm³/mol. The van der Waals surface area contributed by atoms with Crippen LogP contribution >= 0.6 is 0 Å². The zero-order valence-electron chi connectivity index (χ0n) is 11.7. The Morgan fingerprint density at radius 2 is 1.76 bits per heavy atom. The minimum absolute atomic E-state index is 0.0525. The first-order valence-electron chi connectivity index (χ1n) is 6.92. The van der Waals surface area contributed by atoms with Crippen molar-refractivity contribution < 1.29 is 9.72 Å². The number of nitrogens with zero attached hydrogens (tertiary/aromatic N) is 1. The molecule has 0 saturated carbocycles. The average molecular weight is 281 g/mol. The van der Waals surface area contributed by atoms with E-state index >= 15 is 0 Å². The molecule has 1 aliphatic carbocycles. The summed E-state index contributed by atoms with van der Waals surface area (Å²) < 4.78 is 0. The lowest BCUT2D eigenvalue weighted by atomic mass is 9.94. The second kappa shape index (κ2) is 5.13. The van der Waals surface area contributed by atoms with Gasteiger partial charge >= 0.3 is 0 Å². The van der Waals surface area contributed by atoms with Gasteiger partial charge in [0.25, 0.3) is 5.69 Å². The van der Waals surface area contributed by atoms with Crippen molar-refractivity contribution in [2.45, 2.75) is 19.8 Å². The molecule has 0 fully saturated rings. The topological polar surface area (TPSA) is 60.2 Å². The second-order valence-electron chi connectivity index (χ2n) is 5.50. The van der Waals surface area contributed by atoms with Gasteiger partial charge in [-0.1, -0.05) is 24.3 Å². The number of rotatable bonds is 3. The monoisotopic (exact) mass is 281 g/mol. The van der Waals surface area contributed by atoms with Gasteiger partial charge in [0, 0.05) is 23.1 Å². The molecule has 0 N–H and O–H groups in total. The van der Waals surface area contributed by atoms with Crippen molar-refractivity contribution in [1.29, 1.82) is 0 Å². The molecular weight excluding hydrogens is 266 g/mol. The van der Waals surface area contributed by atoms with Gasteiger partial charge in [0.1, 0.15) is 0 Å². The molecule has 1 aliphatic rings. The maximum Gasteiger partial charge on any atom is 0.272 e. The summed E-state index contributed by atoms with van der Waals surface area (Å²) in [6.07, 6.45) is 1.51. The Bertz CT molecular complexity index is 712. The van der Waals surface area contributed by atoms with Gasteiger partial charge in [-0.2, -0.15) is 0 Å². The summed E-state index contributed by atoms with van der Waals surface area (Å²) in [7, 11) is 0. The molecule has 21 heavy (non-hydrogen) atoms. The number of benzene rings is 2. The SMILES string of the molecule is Cc1cc(C(=O)C2Cc3ccccc3C2)ccc1[N+](=O)[O-]. The largest absolute Gasteiger partial charge is 0.294 e. The number of aryl methyl sites for hydroxylation is 1. The molecule has 0 aromatic heterocycles. The molecule has 0 aliphatic heterocycles. The third kappa shape index (κ3) is 2.44. The third-order valence-electron chi connectivity index (χ3n) is 4.10. The van der Waals surface area contributed by atoms with Crippen molar-refractivity contribution in [3.8, 4) is 0 Å². The Hall–Kier alpha value is -2.49. The fourth-order valence-corrected chi connectivity index (χ4v) is 2.99. The zero-order valence-corrected chi connectivity index (χ0v) is 11.7. The number of hydrogen-bond donors (Lipinski definition) is 0. The first-order valence-corrected chi connectivity index (χ1v) is 6.92. The van der Waals surface area contributed by atoms with Crippen LogP contribution in [-0.2, 0) is 12.8 Å². The highest BCUT2D eigenvalue weighted by Crippen LogP contribution is 2.30. The highest BCUT2D eigenvalue weighted by Gasteiger charge is 2.28. The molecule has 0 saturated heterocycles. The molecule has 0 amide bonds. The Balaban J connectivity index is 1.84. The quantitative estimate of drug-likeness (QED) is 0.491. The van der Waals surface area contributed by atoms with Gasteiger partial charge in [0.2, 0.25) is 0 Å². The molecule has 106 valence electrons. The van der Waals surface area contributed by atoms with E-state index in [0.29, 0.717) is 11.1 Å². The van der Waals surface area contributed by atoms with Crippen molar-refractivity contribution in [3.63, 3.8) is 0 Å². The molecule has 0 radical (unpaired) electrons. The normalized spacial score (nSPS) is 14.0. The smallest absolute Gasteiger partial charge is 0.272 e. The van der Waals surface area contributed by atoms with Gasteiger partial charge in [-0.25, -0.2) is 0 Å². The van der Waals surface area contributed by atoms with E-state index in [-0.39, 0.29) is 17.4 Å². The lowest BCUT2D eigenvalue weighted by Crippen LogP contribution is -2.15. The Labute approximate surface area is 122 Å². The highest BCUT2D eigenvalue weighted by atomic mass is 16.6. The number of carbonyl (C=O) groups is 1. The van der Waals surface area contributed by atoms with E-state index in [9.17, 15) is 14.9 Å². The second-order valence-corrected chi connectivity index (χ2v) is 5.50. The standard InChI is InChI=1S/C17H15NO3/c1-11-8-14(6-7-16(11)18(20)21)17(19)15-9-12-4-2-3-5-13(12)10-15/h2-8,15H,9-10H2,1H3. The lowest BCUT2D eigenvalue weighted by Gasteiger charge is -2.08. The Kier molecular flexibility index (Phi) is 3.29. The maximum atomic E-state index is 12.6. The van der Waals surface area contributed by atoms with E-state index in [1.807, 2.05) is 12.1 Å². The first kappa shape index (κ1) is 13.5. The number of nitro benzene ring substituents is 1. The highest BCUT2D eigenvalue weighted by molar-refractivity contribution is 5.99. The summed E-state index contributed by atoms with van der Waals surface area (Å²) >= 11 is 0. The van der Waals surface area contributed by atoms with E-state index in [0.717, 1.165) is 12.8 Å². The number of nitro groups is 1. The van der Waals surface area contributed by atoms with Crippen LogP contribution in [0.3, 0.4) is 0 Å². The van der Waals surface area contributed by atoms with Crippen molar-refractivity contribution in [2.24, 2.45) is 5.92 Å². The predicted octanol–water partition coefficient (Wildman–Crippen LogP) is 3.50. The van der Waals surface area contributed by atoms with Gasteiger partial charge in [0.05, 0.1) is 4.92 Å². The minimum Gasteiger partial charge on any atom is -0.294 e. The van der Waals surface area contributed by atoms with Crippen molar-refractivity contribution in [3.05, 3.63) is 74.8 Å². The summed E-state index contributed by atoms with van der Waals surface area (Å²) in [5.41, 5.74) is 3.61. The fraction of sp³-hybridized carbons (Fsp3) is 0.235. The van der Waals surface area contributed by atoms with Gasteiger partial charge in [-0.3, -0.25) is 14.9 Å². The van der Waals surface area contributed by atoms with Crippen LogP contribution in [0, 0.1) is 23.0 Å². The van der Waals surface area contributed by atoms with E-state index in [1.165, 1.54) is 17.2 Å². The van der Waals surface area contributed by atoms with Crippen LogP contribution < -0.4 is 0 Å². The molecule has 3 rings (SSSR count). The Morgan fingerprint density at radius 1 is 1.14 bits per heavy atom. The van der Waals surface area contributed by atoms with E-state index in [1.54, 1.807) is 19.1 Å². The molecule has 4 heteroatoms. The molecule has 2 aromatic carbocycles. The molecular formula is C17H15NO3. The molecule has 4 nitrogen and oxygen atoms in total. The van der Waals surface area contributed by atoms with Crippen LogP contribution in [0.15, 0.2) is 42.5 Å². The summed E-state index contributed by atoms with van der Waals surface area (Å²) in [5.74, 6) is 0.0208. The van der Waals surface area contributed by atoms with Gasteiger partial charge in [0.15, 0.2) is 5.78 Å². The van der Waals surface area contributed by atoms with Crippen LogP contribution in [0.5, 0.6) is 0 Å². The van der Waals surface area contributed by atoms with Crippen LogP contribution in [0.25, 0.3) is 0 Å². The molecule has 0 unspecified atom stereocenters. The van der Waals surface area contributed by atoms with Gasteiger partial charge in [-0.05, 0) is 43.0 Å². The number of carbonyl (C=O) groups excluding carboxylic acids is 1. The van der Waals surface area contributed by atoms with Crippen LogP contribution in [0.4, 0.5) is 5.69 Å². The summed E-state index contributed by atoms with van der Waals surface area (Å²) in [6.45, 7) is 1.66. The molecule has 2 aromatic rings. The van der Waals surface area contributed by atoms with Crippen LogP contribution in [0.1, 0.15) is 27.0 Å². The minimum atomic E-state index is -0.422. The first-order chi connectivity index (χ1) is 10.1. The number of Topliss-reactive ketones (excluding diaryl/α,β-unsaturated/α-hetero) is 1. The van der Waals surface area contributed by atoms with Crippen molar-refractivity contribution in [2.75, 3.05) is 0 Å². The average Bonchev–Trinajstić information content (AvgIpc) is 2.89. The van der Waals surface area contributed by atoms with Crippen molar-refractivity contribution in [1.82, 2.24) is 0 Å². The molecule has 0 bridgehead atoms. The molecule has 0 atom stereocenters. The summed E-state index contributed by atoms with van der Waals surface area (Å²) in [6, 6.07) is 12.7. The van der Waals surface area contributed by atoms with E-state index in [2.05, 4.69) is 12.1 Å². The van der Waals surface area contributed by atoms with Gasteiger partial charge < -0.3 is 0 Å². The van der Waals surface area contributed by atoms with Crippen molar-refractivity contribution >= 4 is 11.5 Å². The van der Waals surface area contributed by atoms with Crippen LogP contribution in [-0.4, -0.2) is 10.7 Å². The third-order valence-corrected chi connectivity index (χ3v) is 4.10. The summed E-state index contributed by atoms with van der Waals surface area (Å²) in [5, 5.41) is 10.8. The molecule has 0 heterocycles. The van der Waals surface area contributed by atoms with E-state index < -0.39 is 4.92 Å². The maximum absolute atomic E-state index is 12.6.